The molecule has 2 N–H and O–H groups in total. The molecule has 0 aromatic rings. The third kappa shape index (κ3) is 1.37. The van der Waals surface area contributed by atoms with Crippen LogP contribution < -0.4 is 5.73 Å². The Morgan fingerprint density at radius 1 is 1.50 bits per heavy atom. The lowest BCUT2D eigenvalue weighted by Gasteiger charge is -2.14. The van der Waals surface area contributed by atoms with Crippen molar-refractivity contribution in [3.05, 3.63) is 24.6 Å². The molecule has 0 unspecified atom stereocenters. The zero-order valence-electron chi connectivity index (χ0n) is 5.82. The molecule has 0 atom stereocenters. The Kier molecular flexibility index (Phi) is 1.76. The van der Waals surface area contributed by atoms with Gasteiger partial charge in [-0.1, -0.05) is 12.2 Å². The molecule has 3 heteroatoms. The van der Waals surface area contributed by atoms with E-state index in [1.807, 2.05) is 24.3 Å². The van der Waals surface area contributed by atoms with Gasteiger partial charge in [0.2, 0.25) is 5.91 Å². The molecule has 10 heavy (non-hydrogen) atoms. The summed E-state index contributed by atoms with van der Waals surface area (Å²) in [6, 6.07) is 0. The number of rotatable bonds is 1. The van der Waals surface area contributed by atoms with Crippen LogP contribution in [0.25, 0.3) is 0 Å². The molecule has 1 heterocycles. The maximum Gasteiger partial charge on any atom is 0.228 e. The highest BCUT2D eigenvalue weighted by molar-refractivity contribution is 5.80. The molecule has 0 aliphatic carbocycles. The van der Waals surface area contributed by atoms with Crippen LogP contribution in [0.3, 0.4) is 0 Å². The van der Waals surface area contributed by atoms with E-state index in [9.17, 15) is 4.79 Å². The van der Waals surface area contributed by atoms with Crippen LogP contribution in [0.4, 0.5) is 0 Å². The normalized spacial score (nSPS) is 17.9. The summed E-state index contributed by atoms with van der Waals surface area (Å²) in [4.78, 5) is 12.4. The van der Waals surface area contributed by atoms with Gasteiger partial charge in [-0.05, 0) is 0 Å². The van der Waals surface area contributed by atoms with Gasteiger partial charge in [0.05, 0.1) is 5.92 Å². The van der Waals surface area contributed by atoms with Crippen molar-refractivity contribution in [2.75, 3.05) is 7.05 Å². The van der Waals surface area contributed by atoms with E-state index in [0.717, 1.165) is 0 Å². The van der Waals surface area contributed by atoms with Crippen LogP contribution in [0.1, 0.15) is 0 Å². The Hall–Kier alpha value is -1.25. The van der Waals surface area contributed by atoms with Crippen molar-refractivity contribution in [2.45, 2.75) is 0 Å². The number of nitrogens with zero attached hydrogens (tertiary/aromatic N) is 1. The molecule has 0 aromatic heterocycles. The lowest BCUT2D eigenvalue weighted by molar-refractivity contribution is -0.119. The van der Waals surface area contributed by atoms with Gasteiger partial charge >= 0.3 is 0 Å². The Labute approximate surface area is 59.8 Å². The van der Waals surface area contributed by atoms with Crippen LogP contribution in [0, 0.1) is 5.92 Å². The second kappa shape index (κ2) is 2.56. The summed E-state index contributed by atoms with van der Waals surface area (Å²) in [5.74, 6) is -0.531. The van der Waals surface area contributed by atoms with Crippen LogP contribution in [0.15, 0.2) is 24.6 Å². The number of hydrogen-bond acceptors (Lipinski definition) is 2. The van der Waals surface area contributed by atoms with E-state index < -0.39 is 0 Å². The first-order valence-electron chi connectivity index (χ1n) is 3.08. The Balaban J connectivity index is 2.62. The lowest BCUT2D eigenvalue weighted by atomic mass is 10.1. The van der Waals surface area contributed by atoms with E-state index in [2.05, 4.69) is 0 Å². The lowest BCUT2D eigenvalue weighted by Crippen LogP contribution is -2.22. The summed E-state index contributed by atoms with van der Waals surface area (Å²) in [7, 11) is 1.89. The molecule has 1 rings (SSSR count). The first-order chi connectivity index (χ1) is 4.70. The van der Waals surface area contributed by atoms with Crippen molar-refractivity contribution in [3.8, 4) is 0 Å². The van der Waals surface area contributed by atoms with Crippen LogP contribution in [-0.2, 0) is 4.79 Å². The van der Waals surface area contributed by atoms with Crippen molar-refractivity contribution in [1.29, 1.82) is 0 Å². The Morgan fingerprint density at radius 3 is 2.40 bits per heavy atom. The van der Waals surface area contributed by atoms with Gasteiger partial charge in [-0.15, -0.1) is 0 Å². The predicted molar refractivity (Wildman–Crippen MR) is 38.7 cm³/mol. The minimum Gasteiger partial charge on any atom is -0.369 e. The fourth-order valence-corrected chi connectivity index (χ4v) is 0.760. The number of nitrogens with two attached hydrogens (primary N) is 1. The molecule has 1 aliphatic heterocycles. The van der Waals surface area contributed by atoms with Crippen LogP contribution >= 0.6 is 0 Å². The monoisotopic (exact) mass is 138 g/mol. The van der Waals surface area contributed by atoms with E-state index in [1.54, 1.807) is 12.2 Å². The van der Waals surface area contributed by atoms with Gasteiger partial charge in [-0.2, -0.15) is 0 Å². The Morgan fingerprint density at radius 2 is 2.00 bits per heavy atom. The van der Waals surface area contributed by atoms with Gasteiger partial charge < -0.3 is 10.6 Å². The van der Waals surface area contributed by atoms with E-state index in [0.29, 0.717) is 0 Å². The summed E-state index contributed by atoms with van der Waals surface area (Å²) < 4.78 is 0. The van der Waals surface area contributed by atoms with Gasteiger partial charge in [0.25, 0.3) is 0 Å². The first-order valence-corrected chi connectivity index (χ1v) is 3.08. The molecule has 0 saturated heterocycles. The zero-order valence-corrected chi connectivity index (χ0v) is 5.82. The molecule has 0 fully saturated rings. The fourth-order valence-electron chi connectivity index (χ4n) is 0.760. The third-order valence-corrected chi connectivity index (χ3v) is 1.39. The van der Waals surface area contributed by atoms with Crippen molar-refractivity contribution in [2.24, 2.45) is 11.7 Å². The summed E-state index contributed by atoms with van der Waals surface area (Å²) >= 11 is 0. The van der Waals surface area contributed by atoms with Crippen LogP contribution in [0.5, 0.6) is 0 Å². The summed E-state index contributed by atoms with van der Waals surface area (Å²) in [6.45, 7) is 0. The Bertz CT molecular complexity index is 182. The zero-order chi connectivity index (χ0) is 7.56. The summed E-state index contributed by atoms with van der Waals surface area (Å²) in [5, 5.41) is 0. The number of amides is 1. The van der Waals surface area contributed by atoms with E-state index in [1.165, 1.54) is 0 Å². The molecule has 3 nitrogen and oxygen atoms in total. The van der Waals surface area contributed by atoms with E-state index in [4.69, 9.17) is 5.73 Å². The molecule has 1 aliphatic rings. The molecule has 0 spiro atoms. The molecular weight excluding hydrogens is 128 g/mol. The van der Waals surface area contributed by atoms with Crippen molar-refractivity contribution < 1.29 is 4.79 Å². The number of carbonyl (C=O) groups excluding carboxylic acids is 1. The smallest absolute Gasteiger partial charge is 0.228 e. The topological polar surface area (TPSA) is 46.3 Å². The minimum atomic E-state index is -0.305. The largest absolute Gasteiger partial charge is 0.369 e. The van der Waals surface area contributed by atoms with E-state index in [-0.39, 0.29) is 11.8 Å². The van der Waals surface area contributed by atoms with Crippen LogP contribution in [0.2, 0.25) is 0 Å². The van der Waals surface area contributed by atoms with Gasteiger partial charge in [0.1, 0.15) is 0 Å². The molecule has 0 aromatic carbocycles. The van der Waals surface area contributed by atoms with Crippen molar-refractivity contribution in [3.63, 3.8) is 0 Å². The number of carbonyl (C=O) groups is 1. The first kappa shape index (κ1) is 6.86. The highest BCUT2D eigenvalue weighted by Gasteiger charge is 2.09. The summed E-state index contributed by atoms with van der Waals surface area (Å²) in [5.41, 5.74) is 5.05. The molecule has 1 amide bonds. The molecule has 0 bridgehead atoms. The number of primary amides is 1. The quantitative estimate of drug-likeness (QED) is 0.557. The second-order valence-electron chi connectivity index (χ2n) is 2.28. The van der Waals surface area contributed by atoms with Gasteiger partial charge in [0, 0.05) is 19.4 Å². The summed E-state index contributed by atoms with van der Waals surface area (Å²) in [6.07, 6.45) is 7.16. The standard InChI is InChI=1S/C7H10N2O/c1-9-4-2-6(3-5-9)7(8)10/h2-6H,1H3,(H2,8,10). The average molecular weight is 138 g/mol. The van der Waals surface area contributed by atoms with Crippen molar-refractivity contribution in [1.82, 2.24) is 4.90 Å². The molecule has 54 valence electrons. The highest BCUT2D eigenvalue weighted by atomic mass is 16.1. The SMILES string of the molecule is CN1C=CC(C(N)=O)C=C1. The van der Waals surface area contributed by atoms with Crippen LogP contribution in [-0.4, -0.2) is 17.9 Å². The third-order valence-electron chi connectivity index (χ3n) is 1.39. The average Bonchev–Trinajstić information content (AvgIpc) is 1.88. The minimum absolute atomic E-state index is 0.226. The molecular formula is C7H10N2O. The second-order valence-corrected chi connectivity index (χ2v) is 2.28. The van der Waals surface area contributed by atoms with Gasteiger partial charge in [-0.3, -0.25) is 4.79 Å². The maximum absolute atomic E-state index is 10.6. The van der Waals surface area contributed by atoms with Gasteiger partial charge in [-0.25, -0.2) is 0 Å². The van der Waals surface area contributed by atoms with Crippen molar-refractivity contribution >= 4 is 5.91 Å². The molecule has 0 saturated carbocycles. The predicted octanol–water partition coefficient (Wildman–Crippen LogP) is 0.0607. The molecule has 0 radical (unpaired) electrons. The number of hydrogen-bond donors (Lipinski definition) is 1. The van der Waals surface area contributed by atoms with Gasteiger partial charge in [0.15, 0.2) is 0 Å². The van der Waals surface area contributed by atoms with E-state index >= 15 is 0 Å². The fraction of sp³-hybridized carbons (Fsp3) is 0.286. The maximum atomic E-state index is 10.6. The highest BCUT2D eigenvalue weighted by Crippen LogP contribution is 2.07.